The van der Waals surface area contributed by atoms with Gasteiger partial charge in [-0.15, -0.1) is 0 Å². The van der Waals surface area contributed by atoms with Crippen LogP contribution in [0.5, 0.6) is 0 Å². The Labute approximate surface area is 157 Å². The van der Waals surface area contributed by atoms with Crippen LogP contribution in [-0.4, -0.2) is 28.3 Å². The van der Waals surface area contributed by atoms with E-state index < -0.39 is 6.03 Å². The maximum absolute atomic E-state index is 12.2. The summed E-state index contributed by atoms with van der Waals surface area (Å²) in [6.45, 7) is 0.854. The van der Waals surface area contributed by atoms with Gasteiger partial charge in [-0.3, -0.25) is 4.79 Å². The molecule has 0 spiro atoms. The van der Waals surface area contributed by atoms with Crippen LogP contribution in [0.15, 0.2) is 67.0 Å². The lowest BCUT2D eigenvalue weighted by Crippen LogP contribution is -2.28. The largest absolute Gasteiger partial charge is 0.352 e. The van der Waals surface area contributed by atoms with Gasteiger partial charge in [0.25, 0.3) is 5.91 Å². The summed E-state index contributed by atoms with van der Waals surface area (Å²) in [4.78, 5) is 22.9. The molecule has 2 aromatic carbocycles. The van der Waals surface area contributed by atoms with Gasteiger partial charge in [0.05, 0.1) is 11.9 Å². The molecule has 0 unspecified atom stereocenters. The van der Waals surface area contributed by atoms with Gasteiger partial charge < -0.3 is 16.4 Å². The van der Waals surface area contributed by atoms with E-state index in [0.717, 1.165) is 16.8 Å². The Balaban J connectivity index is 1.48. The van der Waals surface area contributed by atoms with Crippen LogP contribution in [0.1, 0.15) is 21.5 Å². The third kappa shape index (κ3) is 5.18. The Morgan fingerprint density at radius 1 is 0.963 bits per heavy atom. The smallest absolute Gasteiger partial charge is 0.312 e. The van der Waals surface area contributed by atoms with Gasteiger partial charge in [-0.25, -0.2) is 9.48 Å². The second-order valence-corrected chi connectivity index (χ2v) is 6.05. The number of carbonyl (C=O) groups excluding carboxylic acids is 2. The van der Waals surface area contributed by atoms with E-state index in [-0.39, 0.29) is 5.91 Å². The minimum Gasteiger partial charge on any atom is -0.352 e. The molecule has 3 rings (SSSR count). The Kier molecular flexibility index (Phi) is 5.84. The van der Waals surface area contributed by atoms with Gasteiger partial charge in [-0.2, -0.15) is 5.10 Å². The Morgan fingerprint density at radius 2 is 1.70 bits per heavy atom. The summed E-state index contributed by atoms with van der Waals surface area (Å²) in [7, 11) is 0. The van der Waals surface area contributed by atoms with Gasteiger partial charge in [-0.1, -0.05) is 30.3 Å². The van der Waals surface area contributed by atoms with Gasteiger partial charge in [0.1, 0.15) is 0 Å². The minimum absolute atomic E-state index is 0.139. The average Bonchev–Trinajstić information content (AvgIpc) is 3.16. The first-order valence-electron chi connectivity index (χ1n) is 8.61. The van der Waals surface area contributed by atoms with Crippen LogP contribution >= 0.6 is 0 Å². The number of para-hydroxylation sites is 1. The third-order valence-corrected chi connectivity index (χ3v) is 4.04. The van der Waals surface area contributed by atoms with Crippen LogP contribution in [0, 0.1) is 0 Å². The summed E-state index contributed by atoms with van der Waals surface area (Å²) in [5.41, 5.74) is 8.52. The number of aromatic nitrogens is 2. The topological polar surface area (TPSA) is 102 Å². The first-order chi connectivity index (χ1) is 13.1. The number of amides is 3. The van der Waals surface area contributed by atoms with Crippen molar-refractivity contribution >= 4 is 11.9 Å². The monoisotopic (exact) mass is 363 g/mol. The molecule has 0 aliphatic heterocycles. The van der Waals surface area contributed by atoms with E-state index in [1.807, 2.05) is 41.2 Å². The lowest BCUT2D eigenvalue weighted by Gasteiger charge is -2.06. The maximum Gasteiger partial charge on any atom is 0.312 e. The molecule has 0 atom stereocenters. The van der Waals surface area contributed by atoms with E-state index in [4.69, 9.17) is 5.73 Å². The molecule has 0 saturated heterocycles. The molecule has 0 bridgehead atoms. The number of nitrogens with two attached hydrogens (primary N) is 1. The van der Waals surface area contributed by atoms with Crippen molar-refractivity contribution in [1.29, 1.82) is 0 Å². The molecule has 1 heterocycles. The first-order valence-corrected chi connectivity index (χ1v) is 8.61. The molecule has 0 fully saturated rings. The van der Waals surface area contributed by atoms with Crippen molar-refractivity contribution in [2.24, 2.45) is 5.73 Å². The van der Waals surface area contributed by atoms with Crippen LogP contribution in [-0.2, 0) is 13.0 Å². The Morgan fingerprint density at radius 3 is 2.41 bits per heavy atom. The fraction of sp³-hybridized carbons (Fsp3) is 0.150. The van der Waals surface area contributed by atoms with Crippen LogP contribution in [0.25, 0.3) is 5.69 Å². The zero-order chi connectivity index (χ0) is 19.1. The third-order valence-electron chi connectivity index (χ3n) is 4.04. The van der Waals surface area contributed by atoms with Crippen molar-refractivity contribution in [3.8, 4) is 5.69 Å². The average molecular weight is 363 g/mol. The predicted octanol–water partition coefficient (Wildman–Crippen LogP) is 2.01. The van der Waals surface area contributed by atoms with E-state index in [1.54, 1.807) is 30.5 Å². The molecule has 27 heavy (non-hydrogen) atoms. The number of primary amides is 1. The Hall–Kier alpha value is -3.61. The van der Waals surface area contributed by atoms with E-state index in [9.17, 15) is 9.59 Å². The summed E-state index contributed by atoms with van der Waals surface area (Å²) in [5, 5.41) is 9.75. The fourth-order valence-electron chi connectivity index (χ4n) is 2.60. The van der Waals surface area contributed by atoms with Crippen molar-refractivity contribution in [3.05, 3.63) is 83.7 Å². The normalized spacial score (nSPS) is 10.4. The van der Waals surface area contributed by atoms with Crippen LogP contribution in [0.4, 0.5) is 4.79 Å². The van der Waals surface area contributed by atoms with E-state index in [0.29, 0.717) is 25.1 Å². The van der Waals surface area contributed by atoms with Crippen molar-refractivity contribution in [2.45, 2.75) is 13.0 Å². The van der Waals surface area contributed by atoms with Crippen molar-refractivity contribution in [3.63, 3.8) is 0 Å². The molecule has 3 aromatic rings. The van der Waals surface area contributed by atoms with Crippen molar-refractivity contribution in [1.82, 2.24) is 20.4 Å². The van der Waals surface area contributed by atoms with Crippen molar-refractivity contribution in [2.75, 3.05) is 6.54 Å². The van der Waals surface area contributed by atoms with E-state index in [2.05, 4.69) is 15.7 Å². The number of urea groups is 1. The molecular weight excluding hydrogens is 342 g/mol. The summed E-state index contributed by atoms with van der Waals surface area (Å²) in [6, 6.07) is 16.3. The van der Waals surface area contributed by atoms with Gasteiger partial charge >= 0.3 is 6.03 Å². The summed E-state index contributed by atoms with van der Waals surface area (Å²) in [5.74, 6) is -0.139. The molecule has 7 heteroatoms. The van der Waals surface area contributed by atoms with Crippen LogP contribution in [0.3, 0.4) is 0 Å². The predicted molar refractivity (Wildman–Crippen MR) is 102 cm³/mol. The summed E-state index contributed by atoms with van der Waals surface area (Å²) >= 11 is 0. The van der Waals surface area contributed by atoms with Crippen molar-refractivity contribution < 1.29 is 9.59 Å². The molecule has 138 valence electrons. The number of benzene rings is 2. The molecule has 4 N–H and O–H groups in total. The lowest BCUT2D eigenvalue weighted by molar-refractivity contribution is 0.0954. The molecular formula is C20H21N5O2. The highest BCUT2D eigenvalue weighted by molar-refractivity contribution is 5.94. The summed E-state index contributed by atoms with van der Waals surface area (Å²) in [6.07, 6.45) is 4.46. The molecule has 0 saturated carbocycles. The maximum atomic E-state index is 12.2. The second-order valence-electron chi connectivity index (χ2n) is 6.05. The van der Waals surface area contributed by atoms with Gasteiger partial charge in [-0.05, 0) is 41.8 Å². The first kappa shape index (κ1) is 18.2. The molecule has 3 amide bonds. The molecule has 0 aliphatic carbocycles. The molecule has 7 nitrogen and oxygen atoms in total. The second kappa shape index (κ2) is 8.66. The summed E-state index contributed by atoms with van der Waals surface area (Å²) < 4.78 is 1.82. The Bertz CT molecular complexity index is 904. The van der Waals surface area contributed by atoms with E-state index in [1.165, 1.54) is 0 Å². The molecule has 1 aromatic heterocycles. The number of carbonyl (C=O) groups is 2. The zero-order valence-electron chi connectivity index (χ0n) is 14.8. The zero-order valence-corrected chi connectivity index (χ0v) is 14.8. The molecule has 0 aliphatic rings. The highest BCUT2D eigenvalue weighted by atomic mass is 16.2. The lowest BCUT2D eigenvalue weighted by atomic mass is 10.1. The molecule has 0 radical (unpaired) electrons. The van der Waals surface area contributed by atoms with Crippen LogP contribution in [0.2, 0.25) is 0 Å². The number of rotatable bonds is 7. The van der Waals surface area contributed by atoms with Gasteiger partial charge in [0.15, 0.2) is 0 Å². The number of nitrogens with one attached hydrogen (secondary N) is 2. The highest BCUT2D eigenvalue weighted by Gasteiger charge is 2.06. The van der Waals surface area contributed by atoms with Gasteiger partial charge in [0, 0.05) is 24.8 Å². The highest BCUT2D eigenvalue weighted by Crippen LogP contribution is 2.08. The van der Waals surface area contributed by atoms with Crippen LogP contribution < -0.4 is 16.4 Å². The number of hydrogen-bond acceptors (Lipinski definition) is 3. The SMILES string of the molecule is NC(=O)NCc1ccc(C(=O)NCCc2cnn(-c3ccccc3)c2)cc1. The van der Waals surface area contributed by atoms with Gasteiger partial charge in [0.2, 0.25) is 0 Å². The minimum atomic E-state index is -0.576. The fourth-order valence-corrected chi connectivity index (χ4v) is 2.60. The quantitative estimate of drug-likeness (QED) is 0.598. The number of hydrogen-bond donors (Lipinski definition) is 3. The van der Waals surface area contributed by atoms with E-state index >= 15 is 0 Å². The standard InChI is InChI=1S/C20H21N5O2/c21-20(27)23-12-15-6-8-17(9-7-15)19(26)22-11-10-16-13-24-25(14-16)18-4-2-1-3-5-18/h1-9,13-14H,10-12H2,(H,22,26)(H3,21,23,27). The number of nitrogens with zero attached hydrogens (tertiary/aromatic N) is 2.